The van der Waals surface area contributed by atoms with Gasteiger partial charge < -0.3 is 4.90 Å². The molecule has 3 aromatic rings. The second-order valence-corrected chi connectivity index (χ2v) is 7.94. The lowest BCUT2D eigenvalue weighted by Crippen LogP contribution is -2.47. The van der Waals surface area contributed by atoms with Crippen LogP contribution in [0.1, 0.15) is 49.2 Å². The van der Waals surface area contributed by atoms with Crippen molar-refractivity contribution in [3.63, 3.8) is 0 Å². The largest absolute Gasteiger partial charge is 0.332 e. The van der Waals surface area contributed by atoms with Gasteiger partial charge in [-0.3, -0.25) is 9.20 Å². The molecule has 0 saturated carbocycles. The van der Waals surface area contributed by atoms with Crippen LogP contribution >= 0.6 is 11.3 Å². The smallest absolute Gasteiger partial charge is 0.272 e. The van der Waals surface area contributed by atoms with E-state index in [1.54, 1.807) is 0 Å². The first kappa shape index (κ1) is 16.3. The topological polar surface area (TPSA) is 37.6 Å². The van der Waals surface area contributed by atoms with E-state index in [2.05, 4.69) is 49.9 Å². The van der Waals surface area contributed by atoms with Crippen molar-refractivity contribution in [3.8, 4) is 11.3 Å². The number of imidazole rings is 1. The van der Waals surface area contributed by atoms with E-state index in [9.17, 15) is 4.79 Å². The minimum Gasteiger partial charge on any atom is -0.332 e. The molecule has 1 aliphatic rings. The van der Waals surface area contributed by atoms with E-state index in [0.29, 0.717) is 12.1 Å². The molecule has 2 unspecified atom stereocenters. The Bertz CT molecular complexity index is 899. The fourth-order valence-corrected chi connectivity index (χ4v) is 4.60. The number of nitrogens with zero attached hydrogens (tertiary/aromatic N) is 3. The molecule has 0 N–H and O–H groups in total. The molecule has 5 heteroatoms. The molecule has 1 aromatic carbocycles. The van der Waals surface area contributed by atoms with E-state index in [1.165, 1.54) is 23.3 Å². The quantitative estimate of drug-likeness (QED) is 0.665. The Balaban J connectivity index is 1.71. The maximum absolute atomic E-state index is 13.2. The van der Waals surface area contributed by atoms with Crippen LogP contribution < -0.4 is 0 Å². The fraction of sp³-hybridized carbons (Fsp3) is 0.400. The zero-order chi connectivity index (χ0) is 17.6. The summed E-state index contributed by atoms with van der Waals surface area (Å²) in [5, 5.41) is 1.94. The number of fused-ring (bicyclic) bond motifs is 1. The summed E-state index contributed by atoms with van der Waals surface area (Å²) in [5.74, 6) is 0.124. The predicted octanol–water partition coefficient (Wildman–Crippen LogP) is 4.77. The Morgan fingerprint density at radius 3 is 2.52 bits per heavy atom. The van der Waals surface area contributed by atoms with Crippen molar-refractivity contribution >= 4 is 22.2 Å². The van der Waals surface area contributed by atoms with Crippen LogP contribution in [0.25, 0.3) is 16.2 Å². The summed E-state index contributed by atoms with van der Waals surface area (Å²) >= 11 is 1.53. The molecule has 1 amide bonds. The molecule has 0 aliphatic carbocycles. The fourth-order valence-electron chi connectivity index (χ4n) is 3.76. The lowest BCUT2D eigenvalue weighted by atomic mass is 9.97. The Morgan fingerprint density at radius 2 is 1.84 bits per heavy atom. The average Bonchev–Trinajstić information content (AvgIpc) is 3.15. The van der Waals surface area contributed by atoms with Gasteiger partial charge in [-0.2, -0.15) is 0 Å². The molecule has 0 radical (unpaired) electrons. The van der Waals surface area contributed by atoms with Gasteiger partial charge in [0.05, 0.1) is 5.69 Å². The molecule has 0 spiro atoms. The molecule has 1 aliphatic heterocycles. The van der Waals surface area contributed by atoms with E-state index in [0.717, 1.165) is 34.8 Å². The number of hydrogen-bond donors (Lipinski definition) is 0. The number of amides is 1. The number of hydrogen-bond acceptors (Lipinski definition) is 3. The van der Waals surface area contributed by atoms with Gasteiger partial charge in [-0.15, -0.1) is 11.3 Å². The van der Waals surface area contributed by atoms with Crippen molar-refractivity contribution in [2.45, 2.75) is 52.1 Å². The highest BCUT2D eigenvalue weighted by molar-refractivity contribution is 7.15. The predicted molar refractivity (Wildman–Crippen MR) is 102 cm³/mol. The summed E-state index contributed by atoms with van der Waals surface area (Å²) in [6.45, 7) is 6.39. The first-order chi connectivity index (χ1) is 12.0. The Morgan fingerprint density at radius 1 is 1.16 bits per heavy atom. The molecule has 1 fully saturated rings. The van der Waals surface area contributed by atoms with Crippen molar-refractivity contribution < 1.29 is 4.79 Å². The third kappa shape index (κ3) is 2.86. The molecular weight excluding hydrogens is 330 g/mol. The normalized spacial score (nSPS) is 21.0. The van der Waals surface area contributed by atoms with Crippen molar-refractivity contribution in [2.75, 3.05) is 0 Å². The highest BCUT2D eigenvalue weighted by Gasteiger charge is 2.31. The summed E-state index contributed by atoms with van der Waals surface area (Å²) in [6.07, 6.45) is 5.36. The van der Waals surface area contributed by atoms with Crippen LogP contribution in [0.5, 0.6) is 0 Å². The van der Waals surface area contributed by atoms with E-state index in [1.807, 2.05) is 16.0 Å². The van der Waals surface area contributed by atoms with Gasteiger partial charge in [0.1, 0.15) is 5.69 Å². The molecule has 2 atom stereocenters. The van der Waals surface area contributed by atoms with E-state index >= 15 is 0 Å². The van der Waals surface area contributed by atoms with Crippen molar-refractivity contribution in [1.29, 1.82) is 0 Å². The minimum absolute atomic E-state index is 0.124. The van der Waals surface area contributed by atoms with Gasteiger partial charge in [0, 0.05) is 29.2 Å². The second-order valence-electron chi connectivity index (χ2n) is 7.11. The molecule has 4 nitrogen and oxygen atoms in total. The van der Waals surface area contributed by atoms with Crippen LogP contribution in [0.3, 0.4) is 0 Å². The standard InChI is InChI=1S/C20H23N3OS/c1-13-7-9-16(10-8-13)17-11-22-18(12-25-20(22)21-17)19(24)23-14(2)5-4-6-15(23)3/h7-12,14-15H,4-6H2,1-3H3. The molecular formula is C20H23N3OS. The Labute approximate surface area is 152 Å². The summed E-state index contributed by atoms with van der Waals surface area (Å²) in [7, 11) is 0. The third-order valence-electron chi connectivity index (χ3n) is 5.20. The van der Waals surface area contributed by atoms with Crippen LogP contribution in [-0.2, 0) is 0 Å². The van der Waals surface area contributed by atoms with Crippen LogP contribution in [-0.4, -0.2) is 32.3 Å². The maximum atomic E-state index is 13.2. The zero-order valence-electron chi connectivity index (χ0n) is 14.9. The lowest BCUT2D eigenvalue weighted by molar-refractivity contribution is 0.0504. The number of likely N-dealkylation sites (tertiary alicyclic amines) is 1. The SMILES string of the molecule is Cc1ccc(-c2cn3c(C(=O)N4C(C)CCCC4C)csc3n2)cc1. The monoisotopic (exact) mass is 353 g/mol. The molecule has 4 rings (SSSR count). The molecule has 2 aromatic heterocycles. The van der Waals surface area contributed by atoms with Crippen molar-refractivity contribution in [3.05, 3.63) is 47.1 Å². The summed E-state index contributed by atoms with van der Waals surface area (Å²) in [5.41, 5.74) is 3.96. The average molecular weight is 353 g/mol. The number of aromatic nitrogens is 2. The summed E-state index contributed by atoms with van der Waals surface area (Å²) in [4.78, 5) is 20.8. The Hall–Kier alpha value is -2.14. The molecule has 25 heavy (non-hydrogen) atoms. The number of carbonyl (C=O) groups is 1. The molecule has 130 valence electrons. The highest BCUT2D eigenvalue weighted by atomic mass is 32.1. The van der Waals surface area contributed by atoms with Crippen LogP contribution in [0.4, 0.5) is 0 Å². The molecule has 3 heterocycles. The number of aryl methyl sites for hydroxylation is 1. The zero-order valence-corrected chi connectivity index (χ0v) is 15.7. The summed E-state index contributed by atoms with van der Waals surface area (Å²) in [6, 6.07) is 8.94. The lowest BCUT2D eigenvalue weighted by Gasteiger charge is -2.38. The highest BCUT2D eigenvalue weighted by Crippen LogP contribution is 2.28. The van der Waals surface area contributed by atoms with Gasteiger partial charge >= 0.3 is 0 Å². The minimum atomic E-state index is 0.124. The van der Waals surface area contributed by atoms with Gasteiger partial charge in [0.2, 0.25) is 0 Å². The van der Waals surface area contributed by atoms with Crippen molar-refractivity contribution in [2.24, 2.45) is 0 Å². The summed E-state index contributed by atoms with van der Waals surface area (Å²) < 4.78 is 1.95. The molecule has 1 saturated heterocycles. The maximum Gasteiger partial charge on any atom is 0.272 e. The number of thiazole rings is 1. The van der Waals surface area contributed by atoms with Gasteiger partial charge in [-0.25, -0.2) is 4.98 Å². The van der Waals surface area contributed by atoms with Crippen molar-refractivity contribution in [1.82, 2.24) is 14.3 Å². The second kappa shape index (κ2) is 6.30. The Kier molecular flexibility index (Phi) is 4.12. The number of piperidine rings is 1. The molecule has 0 bridgehead atoms. The van der Waals surface area contributed by atoms with Gasteiger partial charge in [0.25, 0.3) is 5.91 Å². The van der Waals surface area contributed by atoms with E-state index in [4.69, 9.17) is 4.98 Å². The van der Waals surface area contributed by atoms with Crippen LogP contribution in [0, 0.1) is 6.92 Å². The number of carbonyl (C=O) groups excluding carboxylic acids is 1. The van der Waals surface area contributed by atoms with Gasteiger partial charge in [0.15, 0.2) is 4.96 Å². The van der Waals surface area contributed by atoms with Crippen LogP contribution in [0.15, 0.2) is 35.8 Å². The van der Waals surface area contributed by atoms with Crippen LogP contribution in [0.2, 0.25) is 0 Å². The van der Waals surface area contributed by atoms with Gasteiger partial charge in [-0.05, 0) is 40.0 Å². The first-order valence-corrected chi connectivity index (χ1v) is 9.79. The van der Waals surface area contributed by atoms with E-state index < -0.39 is 0 Å². The number of rotatable bonds is 2. The first-order valence-electron chi connectivity index (χ1n) is 8.91. The number of benzene rings is 1. The van der Waals surface area contributed by atoms with E-state index in [-0.39, 0.29) is 5.91 Å². The van der Waals surface area contributed by atoms with Gasteiger partial charge in [-0.1, -0.05) is 29.8 Å². The third-order valence-corrected chi connectivity index (χ3v) is 6.04.